The first-order valence-corrected chi connectivity index (χ1v) is 11.6. The molecular formula is C24H48O2. The molecule has 0 aromatic heterocycles. The Kier molecular flexibility index (Phi) is 25.8. The average molecular weight is 369 g/mol. The molecule has 0 bridgehead atoms. The Morgan fingerprint density at radius 2 is 0.769 bits per heavy atom. The van der Waals surface area contributed by atoms with E-state index >= 15 is 0 Å². The predicted molar refractivity (Wildman–Crippen MR) is 116 cm³/mol. The van der Waals surface area contributed by atoms with Gasteiger partial charge >= 0.3 is 0 Å². The monoisotopic (exact) mass is 368 g/mol. The molecule has 0 aliphatic carbocycles. The lowest BCUT2D eigenvalue weighted by molar-refractivity contribution is -0.119. The Bertz CT molecular complexity index is 297. The Hall–Kier alpha value is -0.660. The van der Waals surface area contributed by atoms with Crippen molar-refractivity contribution in [2.75, 3.05) is 0 Å². The van der Waals surface area contributed by atoms with Gasteiger partial charge in [0, 0.05) is 19.3 Å². The minimum Gasteiger partial charge on any atom is -0.300 e. The Labute approximate surface area is 164 Å². The molecule has 0 aliphatic rings. The third-order valence-corrected chi connectivity index (χ3v) is 4.75. The summed E-state index contributed by atoms with van der Waals surface area (Å²) in [6, 6.07) is 0. The zero-order valence-electron chi connectivity index (χ0n) is 18.5. The SMILES string of the molecule is CCCCCCC(C)=O.CCCCCCCCCC(=O)CCCCCC. The zero-order chi connectivity index (χ0) is 19.9. The Morgan fingerprint density at radius 3 is 1.15 bits per heavy atom. The van der Waals surface area contributed by atoms with E-state index in [2.05, 4.69) is 20.8 Å². The maximum absolute atomic E-state index is 11.5. The summed E-state index contributed by atoms with van der Waals surface area (Å²) in [6.45, 7) is 8.29. The predicted octanol–water partition coefficient (Wildman–Crippen LogP) is 8.21. The molecule has 0 amide bonds. The van der Waals surface area contributed by atoms with E-state index in [0.717, 1.165) is 38.5 Å². The summed E-state index contributed by atoms with van der Waals surface area (Å²) in [6.07, 6.45) is 21.3. The molecule has 0 atom stereocenters. The van der Waals surface area contributed by atoms with Gasteiger partial charge in [-0.05, 0) is 26.2 Å². The quantitative estimate of drug-likeness (QED) is 0.228. The van der Waals surface area contributed by atoms with Crippen LogP contribution in [0.25, 0.3) is 0 Å². The molecule has 0 heterocycles. The van der Waals surface area contributed by atoms with Crippen LogP contribution in [0.5, 0.6) is 0 Å². The van der Waals surface area contributed by atoms with Crippen LogP contribution >= 0.6 is 0 Å². The molecule has 2 heteroatoms. The molecule has 0 spiro atoms. The fourth-order valence-corrected chi connectivity index (χ4v) is 2.95. The number of carbonyl (C=O) groups excluding carboxylic acids is 2. The van der Waals surface area contributed by atoms with Crippen molar-refractivity contribution >= 4 is 11.6 Å². The summed E-state index contributed by atoms with van der Waals surface area (Å²) in [5.41, 5.74) is 0. The average Bonchev–Trinajstić information content (AvgIpc) is 2.62. The zero-order valence-corrected chi connectivity index (χ0v) is 18.5. The second-order valence-electron chi connectivity index (χ2n) is 7.73. The van der Waals surface area contributed by atoms with Gasteiger partial charge in [-0.2, -0.15) is 0 Å². The number of hydrogen-bond acceptors (Lipinski definition) is 2. The molecule has 0 aliphatic heterocycles. The van der Waals surface area contributed by atoms with Crippen molar-refractivity contribution in [1.82, 2.24) is 0 Å². The van der Waals surface area contributed by atoms with Crippen LogP contribution in [0.3, 0.4) is 0 Å². The van der Waals surface area contributed by atoms with Crippen molar-refractivity contribution in [2.24, 2.45) is 0 Å². The van der Waals surface area contributed by atoms with Gasteiger partial charge in [-0.1, -0.05) is 97.8 Å². The van der Waals surface area contributed by atoms with Gasteiger partial charge in [0.2, 0.25) is 0 Å². The van der Waals surface area contributed by atoms with E-state index in [9.17, 15) is 9.59 Å². The van der Waals surface area contributed by atoms with Crippen molar-refractivity contribution in [3.05, 3.63) is 0 Å². The van der Waals surface area contributed by atoms with E-state index in [1.807, 2.05) is 0 Å². The van der Waals surface area contributed by atoms with E-state index in [0.29, 0.717) is 11.6 Å². The number of unbranched alkanes of at least 4 members (excludes halogenated alkanes) is 12. The summed E-state index contributed by atoms with van der Waals surface area (Å²) in [4.78, 5) is 21.9. The van der Waals surface area contributed by atoms with Crippen LogP contribution < -0.4 is 0 Å². The fraction of sp³-hybridized carbons (Fsp3) is 0.917. The van der Waals surface area contributed by atoms with Crippen molar-refractivity contribution in [2.45, 2.75) is 143 Å². The molecule has 0 aromatic rings. The van der Waals surface area contributed by atoms with Gasteiger partial charge in [-0.3, -0.25) is 4.79 Å². The third-order valence-electron chi connectivity index (χ3n) is 4.75. The smallest absolute Gasteiger partial charge is 0.132 e. The van der Waals surface area contributed by atoms with Gasteiger partial charge in [0.1, 0.15) is 11.6 Å². The highest BCUT2D eigenvalue weighted by molar-refractivity contribution is 5.78. The topological polar surface area (TPSA) is 34.1 Å². The molecule has 0 N–H and O–H groups in total. The van der Waals surface area contributed by atoms with Crippen LogP contribution in [0.1, 0.15) is 143 Å². The molecule has 2 nitrogen and oxygen atoms in total. The summed E-state index contributed by atoms with van der Waals surface area (Å²) in [7, 11) is 0. The van der Waals surface area contributed by atoms with Gasteiger partial charge in [0.25, 0.3) is 0 Å². The van der Waals surface area contributed by atoms with E-state index in [1.54, 1.807) is 6.92 Å². The molecular weight excluding hydrogens is 320 g/mol. The van der Waals surface area contributed by atoms with Crippen molar-refractivity contribution in [3.63, 3.8) is 0 Å². The number of carbonyl (C=O) groups is 2. The van der Waals surface area contributed by atoms with Gasteiger partial charge in [-0.15, -0.1) is 0 Å². The number of Topliss-reactive ketones (excluding diaryl/α,β-unsaturated/α-hetero) is 2. The molecule has 0 fully saturated rings. The normalized spacial score (nSPS) is 10.3. The third kappa shape index (κ3) is 28.2. The Morgan fingerprint density at radius 1 is 0.462 bits per heavy atom. The second-order valence-corrected chi connectivity index (χ2v) is 7.73. The van der Waals surface area contributed by atoms with E-state index in [1.165, 1.54) is 77.0 Å². The van der Waals surface area contributed by atoms with E-state index in [4.69, 9.17) is 0 Å². The van der Waals surface area contributed by atoms with Crippen molar-refractivity contribution in [1.29, 1.82) is 0 Å². The van der Waals surface area contributed by atoms with Crippen LogP contribution in [-0.2, 0) is 9.59 Å². The highest BCUT2D eigenvalue weighted by Crippen LogP contribution is 2.11. The lowest BCUT2D eigenvalue weighted by Gasteiger charge is -2.02. The summed E-state index contributed by atoms with van der Waals surface area (Å²) in [5.74, 6) is 0.820. The summed E-state index contributed by atoms with van der Waals surface area (Å²) < 4.78 is 0. The van der Waals surface area contributed by atoms with E-state index < -0.39 is 0 Å². The molecule has 0 radical (unpaired) electrons. The van der Waals surface area contributed by atoms with Crippen LogP contribution in [0.2, 0.25) is 0 Å². The lowest BCUT2D eigenvalue weighted by atomic mass is 10.0. The number of hydrogen-bond donors (Lipinski definition) is 0. The standard InChI is InChI=1S/C16H32O.C8H16O/c1-3-5-7-9-10-11-13-15-16(17)14-12-8-6-4-2;1-3-4-5-6-7-8(2)9/h3-15H2,1-2H3;3-7H2,1-2H3. The van der Waals surface area contributed by atoms with Crippen molar-refractivity contribution < 1.29 is 9.59 Å². The number of rotatable bonds is 18. The maximum Gasteiger partial charge on any atom is 0.132 e. The first-order chi connectivity index (χ1) is 12.6. The molecule has 0 aromatic carbocycles. The molecule has 0 saturated heterocycles. The van der Waals surface area contributed by atoms with Crippen LogP contribution in [0, 0.1) is 0 Å². The molecule has 0 rings (SSSR count). The van der Waals surface area contributed by atoms with Gasteiger partial charge < -0.3 is 4.79 Å². The molecule has 26 heavy (non-hydrogen) atoms. The molecule has 0 unspecified atom stereocenters. The van der Waals surface area contributed by atoms with E-state index in [-0.39, 0.29) is 0 Å². The maximum atomic E-state index is 11.5. The lowest BCUT2D eigenvalue weighted by Crippen LogP contribution is -1.97. The van der Waals surface area contributed by atoms with Crippen molar-refractivity contribution in [3.8, 4) is 0 Å². The van der Waals surface area contributed by atoms with Gasteiger partial charge in [0.05, 0.1) is 0 Å². The Balaban J connectivity index is 0. The fourth-order valence-electron chi connectivity index (χ4n) is 2.95. The minimum absolute atomic E-state index is 0.325. The largest absolute Gasteiger partial charge is 0.300 e. The summed E-state index contributed by atoms with van der Waals surface area (Å²) >= 11 is 0. The molecule has 156 valence electrons. The summed E-state index contributed by atoms with van der Waals surface area (Å²) in [5, 5.41) is 0. The minimum atomic E-state index is 0.325. The highest BCUT2D eigenvalue weighted by atomic mass is 16.1. The highest BCUT2D eigenvalue weighted by Gasteiger charge is 2.01. The van der Waals surface area contributed by atoms with Crippen LogP contribution in [-0.4, -0.2) is 11.6 Å². The van der Waals surface area contributed by atoms with Crippen LogP contribution in [0.15, 0.2) is 0 Å². The first-order valence-electron chi connectivity index (χ1n) is 11.6. The van der Waals surface area contributed by atoms with Crippen LogP contribution in [0.4, 0.5) is 0 Å². The second kappa shape index (κ2) is 24.3. The van der Waals surface area contributed by atoms with Gasteiger partial charge in [-0.25, -0.2) is 0 Å². The van der Waals surface area contributed by atoms with Gasteiger partial charge in [0.15, 0.2) is 0 Å². The molecule has 0 saturated carbocycles. The number of ketones is 2. The first kappa shape index (κ1) is 27.6.